The average molecular weight is 244 g/mol. The summed E-state index contributed by atoms with van der Waals surface area (Å²) < 4.78 is 5.26. The molecule has 4 heteroatoms. The molecule has 2 aromatic rings. The third-order valence-electron chi connectivity index (χ3n) is 2.76. The second-order valence-corrected chi connectivity index (χ2v) is 4.01. The van der Waals surface area contributed by atoms with Gasteiger partial charge in [-0.2, -0.15) is 0 Å². The van der Waals surface area contributed by atoms with E-state index in [1.54, 1.807) is 25.4 Å². The van der Waals surface area contributed by atoms with E-state index in [1.807, 2.05) is 31.2 Å². The minimum atomic E-state index is -0.155. The topological polar surface area (TPSA) is 54.3 Å². The van der Waals surface area contributed by atoms with Gasteiger partial charge in [0.25, 0.3) is 5.91 Å². The van der Waals surface area contributed by atoms with E-state index >= 15 is 0 Å². The molecule has 2 rings (SSSR count). The van der Waals surface area contributed by atoms with Crippen LogP contribution < -0.4 is 10.6 Å². The van der Waals surface area contributed by atoms with E-state index in [-0.39, 0.29) is 11.9 Å². The van der Waals surface area contributed by atoms with Crippen molar-refractivity contribution >= 4 is 11.6 Å². The molecule has 0 saturated heterocycles. The van der Waals surface area contributed by atoms with Gasteiger partial charge in [-0.1, -0.05) is 12.1 Å². The fourth-order valence-electron chi connectivity index (χ4n) is 1.78. The molecule has 94 valence electrons. The van der Waals surface area contributed by atoms with Crippen LogP contribution in [0.4, 0.5) is 5.69 Å². The Kier molecular flexibility index (Phi) is 3.67. The van der Waals surface area contributed by atoms with Gasteiger partial charge in [-0.05, 0) is 31.2 Å². The van der Waals surface area contributed by atoms with Gasteiger partial charge in [-0.3, -0.25) is 4.79 Å². The van der Waals surface area contributed by atoms with Crippen LogP contribution in [0.2, 0.25) is 0 Å². The molecule has 0 bridgehead atoms. The molecule has 2 N–H and O–H groups in total. The molecule has 0 aliphatic heterocycles. The standard InChI is InChI=1S/C14H16N2O2/c1-10(13-8-5-9-18-13)16-14(17)11-6-3-4-7-12(11)15-2/h3-10,15H,1-2H3,(H,16,17)/t10-/m0/s1. The number of carbonyl (C=O) groups is 1. The van der Waals surface area contributed by atoms with E-state index in [2.05, 4.69) is 10.6 Å². The van der Waals surface area contributed by atoms with Gasteiger partial charge in [0, 0.05) is 12.7 Å². The van der Waals surface area contributed by atoms with Gasteiger partial charge in [0.05, 0.1) is 17.9 Å². The van der Waals surface area contributed by atoms with Crippen molar-refractivity contribution in [2.75, 3.05) is 12.4 Å². The quantitative estimate of drug-likeness (QED) is 0.869. The van der Waals surface area contributed by atoms with Crippen molar-refractivity contribution in [2.45, 2.75) is 13.0 Å². The van der Waals surface area contributed by atoms with Gasteiger partial charge in [-0.15, -0.1) is 0 Å². The van der Waals surface area contributed by atoms with Crippen LogP contribution in [0.5, 0.6) is 0 Å². The first kappa shape index (κ1) is 12.2. The normalized spacial score (nSPS) is 11.9. The maximum Gasteiger partial charge on any atom is 0.253 e. The van der Waals surface area contributed by atoms with Crippen LogP contribution in [0, 0.1) is 0 Å². The Morgan fingerprint density at radius 3 is 2.67 bits per heavy atom. The SMILES string of the molecule is CNc1ccccc1C(=O)N[C@@H](C)c1ccco1. The van der Waals surface area contributed by atoms with Crippen LogP contribution in [0.3, 0.4) is 0 Å². The molecule has 0 aliphatic carbocycles. The Bertz CT molecular complexity index is 520. The van der Waals surface area contributed by atoms with Crippen LogP contribution in [0.1, 0.15) is 29.1 Å². The molecular weight excluding hydrogens is 228 g/mol. The van der Waals surface area contributed by atoms with Gasteiger partial charge in [0.2, 0.25) is 0 Å². The number of furan rings is 1. The van der Waals surface area contributed by atoms with E-state index < -0.39 is 0 Å². The number of hydrogen-bond donors (Lipinski definition) is 2. The number of anilines is 1. The summed E-state index contributed by atoms with van der Waals surface area (Å²) >= 11 is 0. The summed E-state index contributed by atoms with van der Waals surface area (Å²) in [4.78, 5) is 12.1. The number of benzene rings is 1. The highest BCUT2D eigenvalue weighted by atomic mass is 16.3. The molecule has 1 atom stereocenters. The molecule has 0 unspecified atom stereocenters. The Hall–Kier alpha value is -2.23. The van der Waals surface area contributed by atoms with Crippen molar-refractivity contribution in [1.82, 2.24) is 5.32 Å². The summed E-state index contributed by atoms with van der Waals surface area (Å²) in [6.07, 6.45) is 1.60. The molecule has 0 saturated carbocycles. The van der Waals surface area contributed by atoms with Crippen LogP contribution in [0.25, 0.3) is 0 Å². The molecule has 1 aromatic carbocycles. The highest BCUT2D eigenvalue weighted by Gasteiger charge is 2.15. The second kappa shape index (κ2) is 5.40. The van der Waals surface area contributed by atoms with Gasteiger partial charge in [0.1, 0.15) is 5.76 Å². The van der Waals surface area contributed by atoms with Crippen LogP contribution in [-0.4, -0.2) is 13.0 Å². The highest BCUT2D eigenvalue weighted by Crippen LogP contribution is 2.17. The van der Waals surface area contributed by atoms with Gasteiger partial charge >= 0.3 is 0 Å². The smallest absolute Gasteiger partial charge is 0.253 e. The zero-order chi connectivity index (χ0) is 13.0. The maximum absolute atomic E-state index is 12.1. The van der Waals surface area contributed by atoms with Crippen molar-refractivity contribution in [2.24, 2.45) is 0 Å². The number of para-hydroxylation sites is 1. The van der Waals surface area contributed by atoms with Gasteiger partial charge in [-0.25, -0.2) is 0 Å². The van der Waals surface area contributed by atoms with E-state index in [1.165, 1.54) is 0 Å². The summed E-state index contributed by atoms with van der Waals surface area (Å²) in [5.41, 5.74) is 1.43. The Morgan fingerprint density at radius 2 is 2.00 bits per heavy atom. The highest BCUT2D eigenvalue weighted by molar-refractivity contribution is 5.99. The van der Waals surface area contributed by atoms with Gasteiger partial charge < -0.3 is 15.1 Å². The predicted octanol–water partition coefficient (Wildman–Crippen LogP) is 2.81. The zero-order valence-electron chi connectivity index (χ0n) is 10.4. The molecule has 4 nitrogen and oxygen atoms in total. The fraction of sp³-hybridized carbons (Fsp3) is 0.214. The third kappa shape index (κ3) is 2.53. The molecule has 18 heavy (non-hydrogen) atoms. The Labute approximate surface area is 106 Å². The van der Waals surface area contributed by atoms with Crippen molar-refractivity contribution in [3.8, 4) is 0 Å². The zero-order valence-corrected chi connectivity index (χ0v) is 10.4. The average Bonchev–Trinajstić information content (AvgIpc) is 2.92. The molecular formula is C14H16N2O2. The molecule has 1 heterocycles. The lowest BCUT2D eigenvalue weighted by atomic mass is 10.1. The summed E-state index contributed by atoms with van der Waals surface area (Å²) in [5.74, 6) is 0.620. The fourth-order valence-corrected chi connectivity index (χ4v) is 1.78. The summed E-state index contributed by atoms with van der Waals surface area (Å²) in [7, 11) is 1.79. The molecule has 1 aromatic heterocycles. The Morgan fingerprint density at radius 1 is 1.22 bits per heavy atom. The van der Waals surface area contributed by atoms with Crippen LogP contribution in [0.15, 0.2) is 47.1 Å². The minimum Gasteiger partial charge on any atom is -0.467 e. The lowest BCUT2D eigenvalue weighted by Crippen LogP contribution is -2.27. The molecule has 0 aliphatic rings. The summed E-state index contributed by atoms with van der Waals surface area (Å²) in [6.45, 7) is 1.89. The lowest BCUT2D eigenvalue weighted by molar-refractivity contribution is 0.0936. The molecule has 1 amide bonds. The van der Waals surface area contributed by atoms with E-state index in [0.717, 1.165) is 11.4 Å². The first-order chi connectivity index (χ1) is 8.72. The van der Waals surface area contributed by atoms with E-state index in [0.29, 0.717) is 5.56 Å². The van der Waals surface area contributed by atoms with Crippen molar-refractivity contribution in [3.63, 3.8) is 0 Å². The van der Waals surface area contributed by atoms with Crippen molar-refractivity contribution in [1.29, 1.82) is 0 Å². The maximum atomic E-state index is 12.1. The molecule has 0 radical (unpaired) electrons. The first-order valence-electron chi connectivity index (χ1n) is 5.83. The third-order valence-corrected chi connectivity index (χ3v) is 2.76. The number of rotatable bonds is 4. The van der Waals surface area contributed by atoms with Crippen LogP contribution >= 0.6 is 0 Å². The summed E-state index contributed by atoms with van der Waals surface area (Å²) in [6, 6.07) is 10.9. The number of carbonyl (C=O) groups excluding carboxylic acids is 1. The second-order valence-electron chi connectivity index (χ2n) is 4.01. The molecule has 0 fully saturated rings. The van der Waals surface area contributed by atoms with Crippen LogP contribution in [-0.2, 0) is 0 Å². The number of nitrogens with one attached hydrogen (secondary N) is 2. The minimum absolute atomic E-state index is 0.121. The molecule has 0 spiro atoms. The van der Waals surface area contributed by atoms with Crippen molar-refractivity contribution < 1.29 is 9.21 Å². The van der Waals surface area contributed by atoms with Gasteiger partial charge in [0.15, 0.2) is 0 Å². The predicted molar refractivity (Wildman–Crippen MR) is 70.6 cm³/mol. The number of hydrogen-bond acceptors (Lipinski definition) is 3. The summed E-state index contributed by atoms with van der Waals surface area (Å²) in [5, 5.41) is 5.90. The Balaban J connectivity index is 2.12. The number of amides is 1. The van der Waals surface area contributed by atoms with E-state index in [9.17, 15) is 4.79 Å². The first-order valence-corrected chi connectivity index (χ1v) is 5.83. The largest absolute Gasteiger partial charge is 0.467 e. The monoisotopic (exact) mass is 244 g/mol. The van der Waals surface area contributed by atoms with Crippen molar-refractivity contribution in [3.05, 3.63) is 54.0 Å². The lowest BCUT2D eigenvalue weighted by Gasteiger charge is -2.13. The van der Waals surface area contributed by atoms with E-state index in [4.69, 9.17) is 4.42 Å².